The number of methoxy groups -OCH3 is 1. The molecule has 0 saturated heterocycles. The fraction of sp³-hybridized carbons (Fsp3) is 0.423. The van der Waals surface area contributed by atoms with Gasteiger partial charge in [-0.2, -0.15) is 5.10 Å². The van der Waals surface area contributed by atoms with E-state index in [1.165, 1.54) is 12.8 Å². The van der Waals surface area contributed by atoms with Gasteiger partial charge < -0.3 is 15.0 Å². The lowest BCUT2D eigenvalue weighted by atomic mass is 9.86. The van der Waals surface area contributed by atoms with Crippen molar-refractivity contribution < 1.29 is 9.53 Å². The number of benzene rings is 1. The lowest BCUT2D eigenvalue weighted by molar-refractivity contribution is -0.124. The molecule has 1 aromatic carbocycles. The zero-order valence-corrected chi connectivity index (χ0v) is 18.9. The molecule has 1 N–H and O–H groups in total. The Morgan fingerprint density at radius 2 is 1.94 bits per heavy atom. The fourth-order valence-electron chi connectivity index (χ4n) is 5.09. The second-order valence-corrected chi connectivity index (χ2v) is 9.44. The van der Waals surface area contributed by atoms with E-state index in [2.05, 4.69) is 44.5 Å². The van der Waals surface area contributed by atoms with Gasteiger partial charge in [0.2, 0.25) is 5.91 Å². The minimum atomic E-state index is 0.0174. The SMILES string of the molecule is CO[C@H]1CC[C@H](C(=O)N2Cc3cccnc3Nc3ccc(-c4cnn(C5CC5)c4)cc32)CC1. The first-order valence-corrected chi connectivity index (χ1v) is 11.9. The van der Waals surface area contributed by atoms with Crippen LogP contribution >= 0.6 is 0 Å². The van der Waals surface area contributed by atoms with Gasteiger partial charge in [0.1, 0.15) is 5.82 Å². The van der Waals surface area contributed by atoms with Crippen LogP contribution in [-0.2, 0) is 16.1 Å². The average molecular weight is 444 g/mol. The number of carbonyl (C=O) groups excluding carboxylic acids is 1. The van der Waals surface area contributed by atoms with Crippen LogP contribution in [-0.4, -0.2) is 33.9 Å². The molecule has 0 atom stereocenters. The number of anilines is 3. The number of amides is 1. The topological polar surface area (TPSA) is 72.3 Å². The predicted molar refractivity (Wildman–Crippen MR) is 127 cm³/mol. The molecule has 1 aliphatic heterocycles. The molecule has 0 unspecified atom stereocenters. The smallest absolute Gasteiger partial charge is 0.230 e. The number of carbonyl (C=O) groups is 1. The first kappa shape index (κ1) is 20.4. The summed E-state index contributed by atoms with van der Waals surface area (Å²) in [5.41, 5.74) is 4.99. The highest BCUT2D eigenvalue weighted by atomic mass is 16.5. The van der Waals surface area contributed by atoms with Gasteiger partial charge in [-0.15, -0.1) is 0 Å². The molecule has 2 aromatic heterocycles. The van der Waals surface area contributed by atoms with Gasteiger partial charge in [0.25, 0.3) is 0 Å². The molecule has 0 radical (unpaired) electrons. The summed E-state index contributed by atoms with van der Waals surface area (Å²) in [5.74, 6) is 1.02. The minimum Gasteiger partial charge on any atom is -0.381 e. The number of nitrogens with zero attached hydrogens (tertiary/aromatic N) is 4. The Kier molecular flexibility index (Phi) is 5.14. The van der Waals surface area contributed by atoms with E-state index in [0.29, 0.717) is 12.6 Å². The van der Waals surface area contributed by atoms with Gasteiger partial charge in [0.15, 0.2) is 0 Å². The van der Waals surface area contributed by atoms with Gasteiger partial charge >= 0.3 is 0 Å². The van der Waals surface area contributed by atoms with Gasteiger partial charge in [-0.05, 0) is 62.3 Å². The molecule has 2 fully saturated rings. The number of fused-ring (bicyclic) bond motifs is 2. The average Bonchev–Trinajstić information content (AvgIpc) is 3.62. The number of aromatic nitrogens is 3. The molecule has 2 saturated carbocycles. The summed E-state index contributed by atoms with van der Waals surface area (Å²) in [6, 6.07) is 10.8. The molecular weight excluding hydrogens is 414 g/mol. The number of pyridine rings is 1. The highest BCUT2D eigenvalue weighted by Gasteiger charge is 2.33. The summed E-state index contributed by atoms with van der Waals surface area (Å²) < 4.78 is 7.59. The van der Waals surface area contributed by atoms with E-state index in [4.69, 9.17) is 4.74 Å². The standard InChI is InChI=1S/C26H29N5O2/c1-33-22-9-4-17(5-10-22)26(32)30-15-19-3-2-12-27-25(19)29-23-11-6-18(13-24(23)30)20-14-28-31(16-20)21-7-8-21/h2-3,6,11-14,16-17,21-22H,4-5,7-10,15H2,1H3,(H,27,29)/t17-,22-. The third-order valence-electron chi connectivity index (χ3n) is 7.24. The largest absolute Gasteiger partial charge is 0.381 e. The van der Waals surface area contributed by atoms with E-state index in [1.54, 1.807) is 13.3 Å². The van der Waals surface area contributed by atoms with E-state index < -0.39 is 0 Å². The summed E-state index contributed by atoms with van der Waals surface area (Å²) in [7, 11) is 1.76. The molecule has 3 aliphatic rings. The van der Waals surface area contributed by atoms with Crippen molar-refractivity contribution in [2.75, 3.05) is 17.3 Å². The van der Waals surface area contributed by atoms with Crippen LogP contribution in [0, 0.1) is 5.92 Å². The summed E-state index contributed by atoms with van der Waals surface area (Å²) in [5, 5.41) is 8.03. The van der Waals surface area contributed by atoms with E-state index in [1.807, 2.05) is 23.2 Å². The van der Waals surface area contributed by atoms with E-state index >= 15 is 0 Å². The lowest BCUT2D eigenvalue weighted by Gasteiger charge is -2.32. The fourth-order valence-corrected chi connectivity index (χ4v) is 5.09. The third kappa shape index (κ3) is 3.91. The second-order valence-electron chi connectivity index (χ2n) is 9.44. The number of nitrogens with one attached hydrogen (secondary N) is 1. The Balaban J connectivity index is 1.37. The van der Waals surface area contributed by atoms with Crippen LogP contribution in [0.15, 0.2) is 48.9 Å². The molecule has 2 aliphatic carbocycles. The highest BCUT2D eigenvalue weighted by molar-refractivity contribution is 6.00. The zero-order valence-electron chi connectivity index (χ0n) is 18.9. The Morgan fingerprint density at radius 1 is 1.09 bits per heavy atom. The zero-order chi connectivity index (χ0) is 22.4. The van der Waals surface area contributed by atoms with Gasteiger partial charge in [0, 0.05) is 36.5 Å². The normalized spacial score (nSPS) is 22.2. The van der Waals surface area contributed by atoms with Crippen LogP contribution in [0.2, 0.25) is 0 Å². The molecule has 7 heteroatoms. The molecule has 3 heterocycles. The van der Waals surface area contributed by atoms with Crippen LogP contribution in [0.3, 0.4) is 0 Å². The quantitative estimate of drug-likeness (QED) is 0.609. The number of rotatable bonds is 4. The van der Waals surface area contributed by atoms with Crippen LogP contribution < -0.4 is 10.2 Å². The van der Waals surface area contributed by atoms with Crippen molar-refractivity contribution in [2.24, 2.45) is 5.92 Å². The molecule has 3 aromatic rings. The van der Waals surface area contributed by atoms with E-state index in [9.17, 15) is 4.79 Å². The monoisotopic (exact) mass is 443 g/mol. The lowest BCUT2D eigenvalue weighted by Crippen LogP contribution is -2.38. The number of hydrogen-bond donors (Lipinski definition) is 1. The van der Waals surface area contributed by atoms with Gasteiger partial charge in [-0.3, -0.25) is 9.48 Å². The van der Waals surface area contributed by atoms with Crippen LogP contribution in [0.5, 0.6) is 0 Å². The maximum absolute atomic E-state index is 13.8. The molecule has 1 amide bonds. The summed E-state index contributed by atoms with van der Waals surface area (Å²) in [6.07, 6.45) is 12.1. The summed E-state index contributed by atoms with van der Waals surface area (Å²) in [4.78, 5) is 20.3. The molecule has 6 rings (SSSR count). The van der Waals surface area contributed by atoms with E-state index in [0.717, 1.165) is 59.6 Å². The molecule has 33 heavy (non-hydrogen) atoms. The van der Waals surface area contributed by atoms with Crippen molar-refractivity contribution in [1.82, 2.24) is 14.8 Å². The molecule has 170 valence electrons. The van der Waals surface area contributed by atoms with Crippen LogP contribution in [0.25, 0.3) is 11.1 Å². The maximum Gasteiger partial charge on any atom is 0.230 e. The molecule has 7 nitrogen and oxygen atoms in total. The van der Waals surface area contributed by atoms with Crippen LogP contribution in [0.4, 0.5) is 17.2 Å². The number of hydrogen-bond acceptors (Lipinski definition) is 5. The molecule has 0 bridgehead atoms. The molecule has 0 spiro atoms. The highest BCUT2D eigenvalue weighted by Crippen LogP contribution is 2.40. The first-order valence-electron chi connectivity index (χ1n) is 11.9. The van der Waals surface area contributed by atoms with Crippen molar-refractivity contribution in [3.8, 4) is 11.1 Å². The van der Waals surface area contributed by atoms with E-state index in [-0.39, 0.29) is 17.9 Å². The third-order valence-corrected chi connectivity index (χ3v) is 7.24. The Hall–Kier alpha value is -3.19. The first-order chi connectivity index (χ1) is 16.2. The minimum absolute atomic E-state index is 0.0174. The second kappa shape index (κ2) is 8.30. The number of ether oxygens (including phenoxy) is 1. The summed E-state index contributed by atoms with van der Waals surface area (Å²) >= 11 is 0. The van der Waals surface area contributed by atoms with Crippen molar-refractivity contribution in [3.63, 3.8) is 0 Å². The Labute approximate surface area is 193 Å². The van der Waals surface area contributed by atoms with Crippen molar-refractivity contribution in [1.29, 1.82) is 0 Å². The Bertz CT molecular complexity index is 1180. The van der Waals surface area contributed by atoms with Gasteiger partial charge in [-0.1, -0.05) is 12.1 Å². The molecular formula is C26H29N5O2. The van der Waals surface area contributed by atoms with Crippen molar-refractivity contribution in [3.05, 3.63) is 54.5 Å². The van der Waals surface area contributed by atoms with Crippen molar-refractivity contribution >= 4 is 23.1 Å². The Morgan fingerprint density at radius 3 is 2.73 bits per heavy atom. The maximum atomic E-state index is 13.8. The van der Waals surface area contributed by atoms with Crippen LogP contribution in [0.1, 0.15) is 50.1 Å². The van der Waals surface area contributed by atoms with Gasteiger partial charge in [0.05, 0.1) is 36.3 Å². The van der Waals surface area contributed by atoms with Gasteiger partial charge in [-0.25, -0.2) is 4.98 Å². The summed E-state index contributed by atoms with van der Waals surface area (Å²) in [6.45, 7) is 0.511. The van der Waals surface area contributed by atoms with Crippen molar-refractivity contribution in [2.45, 2.75) is 57.2 Å². The predicted octanol–water partition coefficient (Wildman–Crippen LogP) is 5.08.